The van der Waals surface area contributed by atoms with Crippen LogP contribution < -0.4 is 10.6 Å². The topological polar surface area (TPSA) is 119 Å². The Balaban J connectivity index is 1.30. The third-order valence-corrected chi connectivity index (χ3v) is 8.48. The first kappa shape index (κ1) is 33.6. The van der Waals surface area contributed by atoms with Gasteiger partial charge in [0, 0.05) is 38.2 Å². The number of carbonyl (C=O) groups is 2. The van der Waals surface area contributed by atoms with Crippen molar-refractivity contribution in [2.24, 2.45) is 0 Å². The van der Waals surface area contributed by atoms with Gasteiger partial charge in [0.15, 0.2) is 6.29 Å². The molecule has 2 saturated heterocycles. The van der Waals surface area contributed by atoms with E-state index in [1.54, 1.807) is 14.0 Å². The van der Waals surface area contributed by atoms with Crippen LogP contribution in [0.3, 0.4) is 0 Å². The predicted molar refractivity (Wildman–Crippen MR) is 174 cm³/mol. The van der Waals surface area contributed by atoms with Crippen LogP contribution in [0.4, 0.5) is 4.79 Å². The summed E-state index contributed by atoms with van der Waals surface area (Å²) in [4.78, 5) is 26.2. The molecule has 0 radical (unpaired) electrons. The van der Waals surface area contributed by atoms with Gasteiger partial charge in [-0.1, -0.05) is 60.7 Å². The number of esters is 1. The number of rotatable bonds is 13. The van der Waals surface area contributed by atoms with Crippen LogP contribution in [0, 0.1) is 0 Å². The number of urea groups is 1. The van der Waals surface area contributed by atoms with Gasteiger partial charge in [0.1, 0.15) is 6.54 Å². The minimum absolute atomic E-state index is 0.00273. The lowest BCUT2D eigenvalue weighted by molar-refractivity contribution is -0.253. The van der Waals surface area contributed by atoms with Gasteiger partial charge < -0.3 is 34.7 Å². The van der Waals surface area contributed by atoms with Crippen molar-refractivity contribution < 1.29 is 33.6 Å². The number of carbonyl (C=O) groups excluding carboxylic acids is 2. The third-order valence-electron chi connectivity index (χ3n) is 8.48. The Morgan fingerprint density at radius 3 is 2.50 bits per heavy atom. The Morgan fingerprint density at radius 1 is 0.957 bits per heavy atom. The first-order valence-electron chi connectivity index (χ1n) is 16.1. The second-order valence-electron chi connectivity index (χ2n) is 11.8. The van der Waals surface area contributed by atoms with Gasteiger partial charge in [0.2, 0.25) is 0 Å². The molecule has 2 aliphatic heterocycles. The summed E-state index contributed by atoms with van der Waals surface area (Å²) in [5.74, 6) is -0.478. The maximum atomic E-state index is 12.2. The summed E-state index contributed by atoms with van der Waals surface area (Å²) in [6, 6.07) is 24.1. The second kappa shape index (κ2) is 16.7. The zero-order valence-corrected chi connectivity index (χ0v) is 26.7. The monoisotopic (exact) mass is 631 g/mol. The van der Waals surface area contributed by atoms with Crippen molar-refractivity contribution >= 4 is 12.0 Å². The molecule has 10 heteroatoms. The van der Waals surface area contributed by atoms with Crippen LogP contribution in [0.25, 0.3) is 11.1 Å². The minimum atomic E-state index is -0.558. The van der Waals surface area contributed by atoms with Crippen molar-refractivity contribution in [3.63, 3.8) is 0 Å². The highest BCUT2D eigenvalue weighted by Crippen LogP contribution is 2.39. The summed E-state index contributed by atoms with van der Waals surface area (Å²) in [5, 5.41) is 14.8. The molecule has 3 aromatic carbocycles. The molecule has 2 fully saturated rings. The Labute approximate surface area is 271 Å². The molecule has 0 bridgehead atoms. The number of ether oxygens (including phenoxy) is 4. The average Bonchev–Trinajstić information content (AvgIpc) is 3.53. The average molecular weight is 632 g/mol. The quantitative estimate of drug-likeness (QED) is 0.229. The summed E-state index contributed by atoms with van der Waals surface area (Å²) in [5.41, 5.74) is 5.77. The highest BCUT2D eigenvalue weighted by Gasteiger charge is 2.35. The highest BCUT2D eigenvalue weighted by molar-refractivity contribution is 5.80. The molecular weight excluding hydrogens is 586 g/mol. The van der Waals surface area contributed by atoms with Crippen molar-refractivity contribution in [3.8, 4) is 11.1 Å². The van der Waals surface area contributed by atoms with Crippen molar-refractivity contribution in [1.29, 1.82) is 0 Å². The number of hydrogen-bond donors (Lipinski definition) is 3. The minimum Gasteiger partial charge on any atom is -0.465 e. The molecule has 0 aliphatic carbocycles. The molecule has 4 atom stereocenters. The molecular formula is C36H45N3O7. The fraction of sp³-hybridized carbons (Fsp3) is 0.444. The van der Waals surface area contributed by atoms with Crippen LogP contribution in [0.5, 0.6) is 0 Å². The lowest BCUT2D eigenvalue weighted by Crippen LogP contribution is -2.42. The van der Waals surface area contributed by atoms with E-state index in [4.69, 9.17) is 18.9 Å². The molecule has 3 N–H and O–H groups in total. The lowest BCUT2D eigenvalue weighted by Gasteiger charge is -2.39. The zero-order valence-electron chi connectivity index (χ0n) is 26.7. The van der Waals surface area contributed by atoms with E-state index < -0.39 is 18.3 Å². The molecule has 0 spiro atoms. The van der Waals surface area contributed by atoms with E-state index in [2.05, 4.69) is 21.6 Å². The van der Waals surface area contributed by atoms with E-state index in [0.717, 1.165) is 65.7 Å². The first-order chi connectivity index (χ1) is 22.4. The normalized spacial score (nSPS) is 21.5. The number of hydrogen-bond acceptors (Lipinski definition) is 8. The van der Waals surface area contributed by atoms with Gasteiger partial charge in [-0.25, -0.2) is 4.79 Å². The number of benzene rings is 3. The molecule has 4 unspecified atom stereocenters. The van der Waals surface area contributed by atoms with Crippen molar-refractivity contribution in [2.45, 2.75) is 63.9 Å². The maximum absolute atomic E-state index is 12.2. The SMILES string of the molecule is CCOC(=O)CNC(=O)NCc1cccc(-c2cccc(C3OC(CN4CCCC4COC)CC(c4ccc(CO)cc4)O3)c2)c1. The summed E-state index contributed by atoms with van der Waals surface area (Å²) in [7, 11) is 1.76. The van der Waals surface area contributed by atoms with E-state index in [9.17, 15) is 14.7 Å². The van der Waals surface area contributed by atoms with Crippen LogP contribution in [-0.2, 0) is 36.9 Å². The largest absolute Gasteiger partial charge is 0.465 e. The molecule has 46 heavy (non-hydrogen) atoms. The smallest absolute Gasteiger partial charge is 0.325 e. The molecule has 0 aromatic heterocycles. The Hall–Kier alpha value is -3.80. The fourth-order valence-electron chi connectivity index (χ4n) is 6.15. The number of nitrogens with zero attached hydrogens (tertiary/aromatic N) is 1. The standard InChI is InChI=1S/C36H45N3O7/c1-3-44-34(41)21-38-36(42)37-20-26-7-4-8-28(17-26)29-9-5-10-30(18-29)35-45-32(22-39-16-6-11-31(39)24-43-2)19-33(46-35)27-14-12-25(23-40)13-15-27/h4-5,7-10,12-15,17-18,31-33,35,40H,3,6,11,16,19-24H2,1-2H3,(H2,37,38,42). The second-order valence-corrected chi connectivity index (χ2v) is 11.8. The molecule has 2 amide bonds. The number of likely N-dealkylation sites (tertiary alicyclic amines) is 1. The van der Waals surface area contributed by atoms with Gasteiger partial charge in [-0.3, -0.25) is 9.69 Å². The van der Waals surface area contributed by atoms with E-state index in [1.165, 1.54) is 0 Å². The van der Waals surface area contributed by atoms with E-state index >= 15 is 0 Å². The predicted octanol–water partition coefficient (Wildman–Crippen LogP) is 4.86. The molecule has 246 valence electrons. The van der Waals surface area contributed by atoms with Gasteiger partial charge in [-0.05, 0) is 66.3 Å². The van der Waals surface area contributed by atoms with Crippen molar-refractivity contribution in [2.75, 3.05) is 40.0 Å². The number of aliphatic hydroxyl groups excluding tert-OH is 1. The molecule has 5 rings (SSSR count). The maximum Gasteiger partial charge on any atom is 0.325 e. The van der Waals surface area contributed by atoms with Crippen molar-refractivity contribution in [3.05, 3.63) is 95.1 Å². The zero-order chi connectivity index (χ0) is 32.3. The van der Waals surface area contributed by atoms with E-state index in [0.29, 0.717) is 19.2 Å². The molecule has 2 aliphatic rings. The van der Waals surface area contributed by atoms with Gasteiger partial charge in [0.05, 0.1) is 32.0 Å². The summed E-state index contributed by atoms with van der Waals surface area (Å²) >= 11 is 0. The molecule has 3 aromatic rings. The Morgan fingerprint density at radius 2 is 1.74 bits per heavy atom. The van der Waals surface area contributed by atoms with Gasteiger partial charge in [-0.2, -0.15) is 0 Å². The van der Waals surface area contributed by atoms with Gasteiger partial charge in [-0.15, -0.1) is 0 Å². The summed E-state index contributed by atoms with van der Waals surface area (Å²) < 4.78 is 23.6. The molecule has 0 saturated carbocycles. The Bertz CT molecular complexity index is 1430. The van der Waals surface area contributed by atoms with Crippen LogP contribution in [-0.4, -0.2) is 74.1 Å². The van der Waals surface area contributed by atoms with Crippen LogP contribution in [0.15, 0.2) is 72.8 Å². The van der Waals surface area contributed by atoms with E-state index in [-0.39, 0.29) is 32.0 Å². The number of methoxy groups -OCH3 is 1. The fourth-order valence-corrected chi connectivity index (χ4v) is 6.15. The third kappa shape index (κ3) is 9.14. The van der Waals surface area contributed by atoms with E-state index in [1.807, 2.05) is 66.7 Å². The van der Waals surface area contributed by atoms with Crippen LogP contribution in [0.1, 0.15) is 60.8 Å². The summed E-state index contributed by atoms with van der Waals surface area (Å²) in [6.07, 6.45) is 2.26. The summed E-state index contributed by atoms with van der Waals surface area (Å²) in [6.45, 7) is 4.66. The first-order valence-corrected chi connectivity index (χ1v) is 16.1. The lowest BCUT2D eigenvalue weighted by atomic mass is 9.98. The molecule has 2 heterocycles. The highest BCUT2D eigenvalue weighted by atomic mass is 16.7. The number of amides is 2. The van der Waals surface area contributed by atoms with Gasteiger partial charge >= 0.3 is 12.0 Å². The Kier molecular flexibility index (Phi) is 12.2. The van der Waals surface area contributed by atoms with Gasteiger partial charge in [0.25, 0.3) is 0 Å². The number of aliphatic hydroxyl groups is 1. The molecule has 10 nitrogen and oxygen atoms in total. The van der Waals surface area contributed by atoms with Crippen LogP contribution >= 0.6 is 0 Å². The van der Waals surface area contributed by atoms with Crippen molar-refractivity contribution in [1.82, 2.24) is 15.5 Å². The van der Waals surface area contributed by atoms with Crippen LogP contribution in [0.2, 0.25) is 0 Å². The number of nitrogens with one attached hydrogen (secondary N) is 2.